The summed E-state index contributed by atoms with van der Waals surface area (Å²) in [5.74, 6) is 0.194. The molecule has 1 unspecified atom stereocenters. The van der Waals surface area contributed by atoms with E-state index in [4.69, 9.17) is 14.5 Å². The minimum Gasteiger partial charge on any atom is -0.444 e. The summed E-state index contributed by atoms with van der Waals surface area (Å²) in [6.45, 7) is 11.7. The molecule has 0 spiro atoms. The van der Waals surface area contributed by atoms with Gasteiger partial charge >= 0.3 is 12.2 Å². The summed E-state index contributed by atoms with van der Waals surface area (Å²) in [6.07, 6.45) is 4.33. The average Bonchev–Trinajstić information content (AvgIpc) is 3.42. The fourth-order valence-electron chi connectivity index (χ4n) is 4.62. The maximum Gasteiger partial charge on any atom is 0.413 e. The standard InChI is InChI=1S/C26H37N7O5/c1-25(2,3)37-23(35)30-21-10-20(29-22-19(12-28-33(21)22)17-11-27-31(7)13-17)16-8-9-18(15-34)32(14-16)24(36)38-26(4,5)6/h10-12,15-18H,8-9,13-14H2,1-7H3,(H,30,35)/t16-,17?,18-/m0/s1. The van der Waals surface area contributed by atoms with Crippen molar-refractivity contribution < 1.29 is 23.9 Å². The number of hydrogen-bond donors (Lipinski definition) is 1. The zero-order valence-electron chi connectivity index (χ0n) is 23.1. The van der Waals surface area contributed by atoms with Crippen molar-refractivity contribution in [3.05, 3.63) is 23.5 Å². The Morgan fingerprint density at radius 3 is 2.39 bits per heavy atom. The number of rotatable bonds is 4. The molecule has 4 heterocycles. The minimum absolute atomic E-state index is 0.0151. The summed E-state index contributed by atoms with van der Waals surface area (Å²) < 4.78 is 12.6. The summed E-state index contributed by atoms with van der Waals surface area (Å²) in [7, 11) is 1.90. The van der Waals surface area contributed by atoms with Gasteiger partial charge in [-0.05, 0) is 54.4 Å². The molecule has 0 bridgehead atoms. The van der Waals surface area contributed by atoms with Gasteiger partial charge in [-0.2, -0.15) is 14.7 Å². The third-order valence-corrected chi connectivity index (χ3v) is 6.28. The lowest BCUT2D eigenvalue weighted by atomic mass is 9.90. The molecule has 0 radical (unpaired) electrons. The molecule has 4 rings (SSSR count). The highest BCUT2D eigenvalue weighted by Crippen LogP contribution is 2.33. The summed E-state index contributed by atoms with van der Waals surface area (Å²) in [4.78, 5) is 43.8. The Bertz CT molecular complexity index is 1240. The van der Waals surface area contributed by atoms with E-state index >= 15 is 0 Å². The van der Waals surface area contributed by atoms with Gasteiger partial charge < -0.3 is 14.3 Å². The van der Waals surface area contributed by atoms with Gasteiger partial charge in [-0.15, -0.1) is 0 Å². The highest BCUT2D eigenvalue weighted by Gasteiger charge is 2.36. The second kappa shape index (κ2) is 10.2. The number of likely N-dealkylation sites (tertiary alicyclic amines) is 1. The van der Waals surface area contributed by atoms with E-state index in [2.05, 4.69) is 15.5 Å². The first-order valence-electron chi connectivity index (χ1n) is 12.8. The van der Waals surface area contributed by atoms with Crippen molar-refractivity contribution in [1.29, 1.82) is 0 Å². The third kappa shape index (κ3) is 6.22. The van der Waals surface area contributed by atoms with Crippen molar-refractivity contribution in [1.82, 2.24) is 24.5 Å². The van der Waals surface area contributed by atoms with Gasteiger partial charge in [0.15, 0.2) is 5.65 Å². The highest BCUT2D eigenvalue weighted by molar-refractivity contribution is 5.85. The lowest BCUT2D eigenvalue weighted by molar-refractivity contribution is -0.113. The smallest absolute Gasteiger partial charge is 0.413 e. The molecule has 0 saturated carbocycles. The average molecular weight is 528 g/mol. The number of carbonyl (C=O) groups excluding carboxylic acids is 3. The molecular formula is C26H37N7O5. The van der Waals surface area contributed by atoms with E-state index < -0.39 is 29.4 Å². The zero-order valence-corrected chi connectivity index (χ0v) is 23.1. The number of fused-ring (bicyclic) bond motifs is 1. The number of piperidine rings is 1. The molecule has 2 aliphatic rings. The second-order valence-corrected chi connectivity index (χ2v) is 11.9. The first-order chi connectivity index (χ1) is 17.7. The number of carbonyl (C=O) groups is 3. The van der Waals surface area contributed by atoms with Gasteiger partial charge in [0.05, 0.1) is 17.9 Å². The molecule has 1 N–H and O–H groups in total. The quantitative estimate of drug-likeness (QED) is 0.595. The van der Waals surface area contributed by atoms with E-state index in [1.807, 2.05) is 18.3 Å². The number of hydrazone groups is 1. The second-order valence-electron chi connectivity index (χ2n) is 11.9. The van der Waals surface area contributed by atoms with E-state index in [1.165, 1.54) is 4.90 Å². The molecule has 0 aliphatic carbocycles. The fraction of sp³-hybridized carbons (Fsp3) is 0.615. The maximum absolute atomic E-state index is 13.0. The first-order valence-corrected chi connectivity index (χ1v) is 12.8. The number of amides is 2. The number of ether oxygens (including phenoxy) is 2. The van der Waals surface area contributed by atoms with Gasteiger partial charge in [-0.3, -0.25) is 15.2 Å². The predicted molar refractivity (Wildman–Crippen MR) is 141 cm³/mol. The summed E-state index contributed by atoms with van der Waals surface area (Å²) >= 11 is 0. The predicted octanol–water partition coefficient (Wildman–Crippen LogP) is 3.77. The van der Waals surface area contributed by atoms with Gasteiger partial charge in [-0.25, -0.2) is 14.6 Å². The summed E-state index contributed by atoms with van der Waals surface area (Å²) in [5, 5.41) is 13.5. The van der Waals surface area contributed by atoms with Crippen molar-refractivity contribution in [2.75, 3.05) is 25.5 Å². The Balaban J connectivity index is 1.71. The van der Waals surface area contributed by atoms with E-state index in [-0.39, 0.29) is 18.4 Å². The molecule has 1 saturated heterocycles. The molecule has 206 valence electrons. The van der Waals surface area contributed by atoms with Gasteiger partial charge in [0.1, 0.15) is 23.3 Å². The molecule has 0 aromatic carbocycles. The van der Waals surface area contributed by atoms with Crippen LogP contribution < -0.4 is 5.32 Å². The number of nitrogens with zero attached hydrogens (tertiary/aromatic N) is 6. The highest BCUT2D eigenvalue weighted by atomic mass is 16.6. The van der Waals surface area contributed by atoms with Crippen LogP contribution in [0.1, 0.15) is 77.5 Å². The Morgan fingerprint density at radius 2 is 1.79 bits per heavy atom. The monoisotopic (exact) mass is 527 g/mol. The van der Waals surface area contributed by atoms with Crippen LogP contribution in [0.25, 0.3) is 5.65 Å². The molecule has 1 fully saturated rings. The maximum atomic E-state index is 13.0. The SMILES string of the molecule is CN1CC(c2cnn3c(NC(=O)OC(C)(C)C)cc([C@H]4CC[C@@H](C=O)N(C(=O)OC(C)(C)C)C4)nc23)C=N1. The molecule has 2 aromatic heterocycles. The van der Waals surface area contributed by atoms with Crippen LogP contribution in [0.3, 0.4) is 0 Å². The lowest BCUT2D eigenvalue weighted by Gasteiger charge is -2.37. The summed E-state index contributed by atoms with van der Waals surface area (Å²) in [6, 6.07) is 1.18. The van der Waals surface area contributed by atoms with Crippen molar-refractivity contribution in [3.63, 3.8) is 0 Å². The number of aldehydes is 1. The Morgan fingerprint density at radius 1 is 1.08 bits per heavy atom. The van der Waals surface area contributed by atoms with Crippen LogP contribution >= 0.6 is 0 Å². The molecule has 2 aliphatic heterocycles. The summed E-state index contributed by atoms with van der Waals surface area (Å²) in [5.41, 5.74) is 0.757. The molecule has 12 nitrogen and oxygen atoms in total. The number of aromatic nitrogens is 3. The third-order valence-electron chi connectivity index (χ3n) is 6.28. The molecular weight excluding hydrogens is 490 g/mol. The van der Waals surface area contributed by atoms with Crippen LogP contribution in [0.5, 0.6) is 0 Å². The van der Waals surface area contributed by atoms with E-state index in [0.717, 1.165) is 11.8 Å². The van der Waals surface area contributed by atoms with Gasteiger partial charge in [-0.1, -0.05) is 0 Å². The van der Waals surface area contributed by atoms with Crippen LogP contribution in [-0.2, 0) is 14.3 Å². The van der Waals surface area contributed by atoms with Crippen LogP contribution in [0.15, 0.2) is 17.4 Å². The van der Waals surface area contributed by atoms with Gasteiger partial charge in [0.25, 0.3) is 0 Å². The van der Waals surface area contributed by atoms with Crippen LogP contribution in [0, 0.1) is 0 Å². The van der Waals surface area contributed by atoms with Crippen molar-refractivity contribution in [3.8, 4) is 0 Å². The van der Waals surface area contributed by atoms with Crippen LogP contribution in [-0.4, -0.2) is 86.6 Å². The molecule has 12 heteroatoms. The van der Waals surface area contributed by atoms with Crippen LogP contribution in [0.2, 0.25) is 0 Å². The van der Waals surface area contributed by atoms with Gasteiger partial charge in [0, 0.05) is 49.8 Å². The largest absolute Gasteiger partial charge is 0.444 e. The van der Waals surface area contributed by atoms with Crippen molar-refractivity contribution in [2.24, 2.45) is 5.10 Å². The number of nitrogens with one attached hydrogen (secondary N) is 1. The topological polar surface area (TPSA) is 131 Å². The Labute approximate surface area is 222 Å². The molecule has 2 amide bonds. The molecule has 38 heavy (non-hydrogen) atoms. The molecule has 3 atom stereocenters. The Kier molecular flexibility index (Phi) is 7.35. The van der Waals surface area contributed by atoms with Gasteiger partial charge in [0.2, 0.25) is 0 Å². The van der Waals surface area contributed by atoms with E-state index in [9.17, 15) is 14.4 Å². The Hall–Kier alpha value is -3.70. The number of likely N-dealkylation sites (N-methyl/N-ethyl adjacent to an activating group) is 1. The molecule has 2 aromatic rings. The van der Waals surface area contributed by atoms with Crippen molar-refractivity contribution in [2.45, 2.75) is 83.5 Å². The number of hydrogen-bond acceptors (Lipinski definition) is 9. The van der Waals surface area contributed by atoms with Crippen molar-refractivity contribution >= 4 is 36.2 Å². The van der Waals surface area contributed by atoms with E-state index in [1.54, 1.807) is 58.3 Å². The fourth-order valence-corrected chi connectivity index (χ4v) is 4.62. The van der Waals surface area contributed by atoms with E-state index in [0.29, 0.717) is 36.5 Å². The lowest BCUT2D eigenvalue weighted by Crippen LogP contribution is -2.49. The van der Waals surface area contributed by atoms with Crippen LogP contribution in [0.4, 0.5) is 15.4 Å². The minimum atomic E-state index is -0.693. The first kappa shape index (κ1) is 27.3. The zero-order chi connectivity index (χ0) is 27.8. The number of anilines is 1. The normalized spacial score (nSPS) is 22.0.